The smallest absolute Gasteiger partial charge is 0.433 e. The maximum absolute atomic E-state index is 13.2. The van der Waals surface area contributed by atoms with Crippen LogP contribution >= 0.6 is 11.6 Å². The number of likely N-dealkylation sites (tertiary alicyclic amines) is 1. The van der Waals surface area contributed by atoms with Gasteiger partial charge in [0.05, 0.1) is 22.7 Å². The van der Waals surface area contributed by atoms with Crippen LogP contribution in [-0.4, -0.2) is 39.7 Å². The summed E-state index contributed by atoms with van der Waals surface area (Å²) in [6.07, 6.45) is 0.848. The van der Waals surface area contributed by atoms with Crippen molar-refractivity contribution >= 4 is 17.6 Å². The molecule has 5 nitrogen and oxygen atoms in total. The number of alkyl halides is 3. The first kappa shape index (κ1) is 26.3. The van der Waals surface area contributed by atoms with E-state index in [0.29, 0.717) is 19.0 Å². The van der Waals surface area contributed by atoms with Crippen LogP contribution in [0.4, 0.5) is 13.2 Å². The first-order valence-electron chi connectivity index (χ1n) is 13.0. The highest BCUT2D eigenvalue weighted by molar-refractivity contribution is 6.31. The predicted octanol–water partition coefficient (Wildman–Crippen LogP) is 6.89. The summed E-state index contributed by atoms with van der Waals surface area (Å²) in [6.45, 7) is 4.95. The molecular weight excluding hydrogens is 505 g/mol. The Bertz CT molecular complexity index is 1180. The zero-order chi connectivity index (χ0) is 26.5. The number of hydrogen-bond donors (Lipinski definition) is 1. The molecule has 1 saturated carbocycles. The summed E-state index contributed by atoms with van der Waals surface area (Å²) in [6, 6.07) is 8.04. The quantitative estimate of drug-likeness (QED) is 0.435. The van der Waals surface area contributed by atoms with E-state index in [-0.39, 0.29) is 28.3 Å². The topological polar surface area (TPSA) is 62.7 Å². The molecule has 3 heterocycles. The summed E-state index contributed by atoms with van der Waals surface area (Å²) >= 11 is 6.25. The number of aromatic nitrogens is 1. The van der Waals surface area contributed by atoms with Crippen molar-refractivity contribution in [3.63, 3.8) is 0 Å². The van der Waals surface area contributed by atoms with Gasteiger partial charge in [0.2, 0.25) is 0 Å². The van der Waals surface area contributed by atoms with Crippen LogP contribution in [0, 0.1) is 11.8 Å². The fraction of sp³-hybridized carbons (Fsp3) is 0.571. The molecule has 3 aliphatic rings. The van der Waals surface area contributed by atoms with E-state index in [1.807, 2.05) is 6.92 Å². The second-order valence-corrected chi connectivity index (χ2v) is 11.3. The van der Waals surface area contributed by atoms with E-state index in [0.717, 1.165) is 61.5 Å². The molecule has 0 bridgehead atoms. The Labute approximate surface area is 220 Å². The molecule has 1 aromatic heterocycles. The third-order valence-corrected chi connectivity index (χ3v) is 8.85. The minimum absolute atomic E-state index is 0.0170. The normalized spacial score (nSPS) is 22.1. The van der Waals surface area contributed by atoms with E-state index in [1.165, 1.54) is 6.07 Å². The highest BCUT2D eigenvalue weighted by Crippen LogP contribution is 2.49. The Morgan fingerprint density at radius 2 is 1.86 bits per heavy atom. The number of pyridine rings is 1. The number of carboxylic acids is 1. The Balaban J connectivity index is 1.30. The Morgan fingerprint density at radius 3 is 2.49 bits per heavy atom. The SMILES string of the molecule is CC(c1nc(C(F)(F)F)ccc1Cl)N1CCC2(CCc3ccc(C(C4CC4)[C@H](C)C(=O)O)cc3O2)CC1. The van der Waals surface area contributed by atoms with Crippen LogP contribution in [0.5, 0.6) is 5.75 Å². The second-order valence-electron chi connectivity index (χ2n) is 10.9. The fourth-order valence-electron chi connectivity index (χ4n) is 6.06. The van der Waals surface area contributed by atoms with Crippen LogP contribution in [0.15, 0.2) is 30.3 Å². The summed E-state index contributed by atoms with van der Waals surface area (Å²) in [5.74, 6) is 0.00319. The lowest BCUT2D eigenvalue weighted by molar-refractivity contribution is -0.142. The summed E-state index contributed by atoms with van der Waals surface area (Å²) in [7, 11) is 0. The zero-order valence-corrected chi connectivity index (χ0v) is 21.8. The lowest BCUT2D eigenvalue weighted by Crippen LogP contribution is -2.50. The molecule has 9 heteroatoms. The summed E-state index contributed by atoms with van der Waals surface area (Å²) in [4.78, 5) is 17.7. The van der Waals surface area contributed by atoms with Gasteiger partial charge in [-0.25, -0.2) is 4.98 Å². The average molecular weight is 537 g/mol. The van der Waals surface area contributed by atoms with E-state index in [2.05, 4.69) is 28.1 Å². The van der Waals surface area contributed by atoms with E-state index < -0.39 is 23.8 Å². The van der Waals surface area contributed by atoms with Gasteiger partial charge in [-0.15, -0.1) is 0 Å². The van der Waals surface area contributed by atoms with Crippen molar-refractivity contribution < 1.29 is 27.8 Å². The molecule has 0 amide bonds. The minimum atomic E-state index is -4.52. The van der Waals surface area contributed by atoms with Gasteiger partial charge in [-0.2, -0.15) is 13.2 Å². The number of ether oxygens (including phenoxy) is 1. The molecule has 2 unspecified atom stereocenters. The van der Waals surface area contributed by atoms with Crippen molar-refractivity contribution in [1.29, 1.82) is 0 Å². The third-order valence-electron chi connectivity index (χ3n) is 8.53. The number of aliphatic carboxylic acids is 1. The number of fused-ring (bicyclic) bond motifs is 1. The number of benzene rings is 1. The summed E-state index contributed by atoms with van der Waals surface area (Å²) in [5.41, 5.74) is 1.15. The number of aryl methyl sites for hydroxylation is 1. The van der Waals surface area contributed by atoms with Crippen molar-refractivity contribution in [3.8, 4) is 5.75 Å². The van der Waals surface area contributed by atoms with Gasteiger partial charge in [0.15, 0.2) is 0 Å². The molecule has 1 spiro atoms. The Morgan fingerprint density at radius 1 is 1.16 bits per heavy atom. The molecule has 1 aliphatic carbocycles. The van der Waals surface area contributed by atoms with Gasteiger partial charge >= 0.3 is 12.1 Å². The fourth-order valence-corrected chi connectivity index (χ4v) is 6.32. The average Bonchev–Trinajstić information content (AvgIpc) is 3.68. The van der Waals surface area contributed by atoms with Crippen molar-refractivity contribution in [3.05, 3.63) is 57.9 Å². The van der Waals surface area contributed by atoms with Gasteiger partial charge in [0.25, 0.3) is 0 Å². The molecule has 200 valence electrons. The number of carbonyl (C=O) groups is 1. The van der Waals surface area contributed by atoms with Crippen LogP contribution in [0.25, 0.3) is 0 Å². The molecule has 2 fully saturated rings. The molecule has 5 rings (SSSR count). The standard InChI is InChI=1S/C28H32ClF3N2O3/c1-16(26(35)36)24(19-4-5-19)20-6-3-18-9-10-27(37-22(18)15-20)11-13-34(14-12-27)17(2)25-21(29)7-8-23(33-25)28(30,31)32/h3,6-8,15-17,19,24H,4-5,9-14H2,1-2H3,(H,35,36)/t16-,17?,24?/m0/s1. The van der Waals surface area contributed by atoms with Gasteiger partial charge in [-0.05, 0) is 86.6 Å². The maximum atomic E-state index is 13.2. The molecule has 1 aromatic carbocycles. The highest BCUT2D eigenvalue weighted by atomic mass is 35.5. The van der Waals surface area contributed by atoms with Gasteiger partial charge in [0, 0.05) is 13.1 Å². The van der Waals surface area contributed by atoms with Crippen LogP contribution in [-0.2, 0) is 17.4 Å². The molecule has 3 atom stereocenters. The van der Waals surface area contributed by atoms with E-state index in [4.69, 9.17) is 16.3 Å². The number of hydrogen-bond acceptors (Lipinski definition) is 4. The predicted molar refractivity (Wildman–Crippen MR) is 134 cm³/mol. The first-order chi connectivity index (χ1) is 17.5. The molecule has 1 N–H and O–H groups in total. The number of piperidine rings is 1. The van der Waals surface area contributed by atoms with E-state index in [1.54, 1.807) is 6.92 Å². The minimum Gasteiger partial charge on any atom is -0.487 e. The van der Waals surface area contributed by atoms with Crippen LogP contribution < -0.4 is 4.74 Å². The lowest BCUT2D eigenvalue weighted by Gasteiger charge is -2.46. The number of rotatable bonds is 6. The monoisotopic (exact) mass is 536 g/mol. The molecule has 37 heavy (non-hydrogen) atoms. The van der Waals surface area contributed by atoms with Crippen LogP contribution in [0.3, 0.4) is 0 Å². The first-order valence-corrected chi connectivity index (χ1v) is 13.4. The molecular formula is C28H32ClF3N2O3. The number of carboxylic acid groups (broad SMARTS) is 1. The van der Waals surface area contributed by atoms with E-state index in [9.17, 15) is 23.1 Å². The molecule has 2 aromatic rings. The van der Waals surface area contributed by atoms with E-state index >= 15 is 0 Å². The van der Waals surface area contributed by atoms with Gasteiger partial charge < -0.3 is 9.84 Å². The summed E-state index contributed by atoms with van der Waals surface area (Å²) in [5, 5.41) is 9.88. The maximum Gasteiger partial charge on any atom is 0.433 e. The van der Waals surface area contributed by atoms with Crippen molar-refractivity contribution in [2.45, 2.75) is 76.1 Å². The van der Waals surface area contributed by atoms with Crippen molar-refractivity contribution in [2.24, 2.45) is 11.8 Å². The number of halogens is 4. The zero-order valence-electron chi connectivity index (χ0n) is 21.0. The second kappa shape index (κ2) is 9.77. The van der Waals surface area contributed by atoms with Crippen LogP contribution in [0.2, 0.25) is 5.02 Å². The number of nitrogens with zero attached hydrogens (tertiary/aromatic N) is 2. The van der Waals surface area contributed by atoms with Gasteiger partial charge in [0.1, 0.15) is 17.0 Å². The van der Waals surface area contributed by atoms with Gasteiger partial charge in [-0.1, -0.05) is 30.7 Å². The van der Waals surface area contributed by atoms with Gasteiger partial charge in [-0.3, -0.25) is 9.69 Å². The summed E-state index contributed by atoms with van der Waals surface area (Å²) < 4.78 is 46.3. The Kier molecular flexibility index (Phi) is 6.94. The lowest BCUT2D eigenvalue weighted by atomic mass is 9.80. The van der Waals surface area contributed by atoms with Crippen LogP contribution in [0.1, 0.15) is 80.4 Å². The third kappa shape index (κ3) is 5.32. The molecule has 1 saturated heterocycles. The van der Waals surface area contributed by atoms with Crippen molar-refractivity contribution in [2.75, 3.05) is 13.1 Å². The molecule has 2 aliphatic heterocycles. The molecule has 0 radical (unpaired) electrons. The largest absolute Gasteiger partial charge is 0.487 e. The highest BCUT2D eigenvalue weighted by Gasteiger charge is 2.43. The van der Waals surface area contributed by atoms with Crippen molar-refractivity contribution in [1.82, 2.24) is 9.88 Å². The Hall–Kier alpha value is -2.32.